The molecular formula is C26H16Cl2F4N2O4S. The van der Waals surface area contributed by atoms with Crippen LogP contribution in [0.4, 0.5) is 28.0 Å². The third-order valence-electron chi connectivity index (χ3n) is 5.30. The quantitative estimate of drug-likeness (QED) is 0.226. The number of amides is 3. The third kappa shape index (κ3) is 6.92. The first-order valence-electron chi connectivity index (χ1n) is 11.0. The fourth-order valence-corrected chi connectivity index (χ4v) is 4.92. The minimum Gasteiger partial charge on any atom is -0.486 e. The summed E-state index contributed by atoms with van der Waals surface area (Å²) < 4.78 is 58.1. The Morgan fingerprint density at radius 3 is 2.38 bits per heavy atom. The molecule has 202 valence electrons. The molecule has 13 heteroatoms. The van der Waals surface area contributed by atoms with Crippen molar-refractivity contribution in [3.05, 3.63) is 98.1 Å². The molecule has 1 aliphatic heterocycles. The first-order valence-corrected chi connectivity index (χ1v) is 12.6. The second-order valence-corrected chi connectivity index (χ2v) is 9.90. The lowest BCUT2D eigenvalue weighted by molar-refractivity contribution is -0.137. The topological polar surface area (TPSA) is 75.7 Å². The van der Waals surface area contributed by atoms with Gasteiger partial charge in [-0.1, -0.05) is 47.5 Å². The number of benzene rings is 3. The van der Waals surface area contributed by atoms with Gasteiger partial charge in [-0.25, -0.2) is 4.39 Å². The summed E-state index contributed by atoms with van der Waals surface area (Å²) in [6.07, 6.45) is -3.26. The molecule has 4 rings (SSSR count). The van der Waals surface area contributed by atoms with Crippen molar-refractivity contribution in [2.75, 3.05) is 11.9 Å². The monoisotopic (exact) mass is 598 g/mol. The van der Waals surface area contributed by atoms with Gasteiger partial charge < -0.3 is 10.1 Å². The number of carbonyl (C=O) groups is 3. The third-order valence-corrected chi connectivity index (χ3v) is 6.77. The number of ether oxygens (including phenoxy) is 1. The summed E-state index contributed by atoms with van der Waals surface area (Å²) >= 11 is 13.1. The van der Waals surface area contributed by atoms with Crippen LogP contribution in [0.5, 0.6) is 5.75 Å². The van der Waals surface area contributed by atoms with E-state index in [1.807, 2.05) is 0 Å². The van der Waals surface area contributed by atoms with Crippen molar-refractivity contribution in [2.45, 2.75) is 12.8 Å². The lowest BCUT2D eigenvalue weighted by Crippen LogP contribution is -2.36. The first kappa shape index (κ1) is 28.5. The maximum Gasteiger partial charge on any atom is 0.416 e. The second-order valence-electron chi connectivity index (χ2n) is 8.09. The van der Waals surface area contributed by atoms with Gasteiger partial charge in [0.05, 0.1) is 20.5 Å². The van der Waals surface area contributed by atoms with E-state index in [2.05, 4.69) is 5.32 Å². The van der Waals surface area contributed by atoms with E-state index >= 15 is 0 Å². The average Bonchev–Trinajstić information content (AvgIpc) is 3.11. The van der Waals surface area contributed by atoms with Gasteiger partial charge in [0.2, 0.25) is 5.91 Å². The van der Waals surface area contributed by atoms with Crippen molar-refractivity contribution in [2.24, 2.45) is 0 Å². The standard InChI is InChI=1S/C26H16Cl2F4N2O4S/c27-18-8-14(9-19(28)23(18)38-13-15-4-1-2-7-20(15)29)10-21-24(36)34(25(37)39-21)12-22(35)33-17-6-3-5-16(11-17)26(30,31)32/h1-11H,12-13H2,(H,33,35)/b21-10-. The highest BCUT2D eigenvalue weighted by Gasteiger charge is 2.36. The highest BCUT2D eigenvalue weighted by Crippen LogP contribution is 2.38. The smallest absolute Gasteiger partial charge is 0.416 e. The zero-order valence-electron chi connectivity index (χ0n) is 19.5. The van der Waals surface area contributed by atoms with Crippen LogP contribution in [0.2, 0.25) is 10.0 Å². The van der Waals surface area contributed by atoms with Crippen LogP contribution >= 0.6 is 35.0 Å². The zero-order valence-corrected chi connectivity index (χ0v) is 21.8. The Labute approximate surface area is 233 Å². The van der Waals surface area contributed by atoms with E-state index in [0.717, 1.165) is 18.2 Å². The fourth-order valence-electron chi connectivity index (χ4n) is 3.47. The van der Waals surface area contributed by atoms with Crippen molar-refractivity contribution in [3.63, 3.8) is 0 Å². The van der Waals surface area contributed by atoms with Crippen molar-refractivity contribution < 1.29 is 36.7 Å². The minimum atomic E-state index is -4.60. The molecule has 0 unspecified atom stereocenters. The van der Waals surface area contributed by atoms with Crippen LogP contribution in [0.25, 0.3) is 6.08 Å². The Bertz CT molecular complexity index is 1470. The molecule has 0 saturated carbocycles. The van der Waals surface area contributed by atoms with Gasteiger partial charge in [-0.05, 0) is 59.8 Å². The van der Waals surface area contributed by atoms with E-state index in [4.69, 9.17) is 27.9 Å². The van der Waals surface area contributed by atoms with Gasteiger partial charge in [0, 0.05) is 11.3 Å². The summed E-state index contributed by atoms with van der Waals surface area (Å²) in [6, 6.07) is 12.8. The Balaban J connectivity index is 1.43. The number of nitrogens with one attached hydrogen (secondary N) is 1. The molecule has 1 heterocycles. The van der Waals surface area contributed by atoms with Gasteiger partial charge in [-0.3, -0.25) is 19.3 Å². The van der Waals surface area contributed by atoms with Crippen molar-refractivity contribution in [3.8, 4) is 5.75 Å². The summed E-state index contributed by atoms with van der Waals surface area (Å²) in [6.45, 7) is -0.838. The average molecular weight is 599 g/mol. The van der Waals surface area contributed by atoms with Crippen LogP contribution in [0.15, 0.2) is 65.6 Å². The number of hydrogen-bond acceptors (Lipinski definition) is 5. The van der Waals surface area contributed by atoms with E-state index < -0.39 is 41.2 Å². The summed E-state index contributed by atoms with van der Waals surface area (Å²) in [5, 5.41) is 1.65. The Morgan fingerprint density at radius 2 is 1.72 bits per heavy atom. The molecule has 0 aliphatic carbocycles. The van der Waals surface area contributed by atoms with Gasteiger partial charge in [0.25, 0.3) is 11.1 Å². The Hall–Kier alpha value is -3.54. The van der Waals surface area contributed by atoms with E-state index in [1.54, 1.807) is 12.1 Å². The highest BCUT2D eigenvalue weighted by molar-refractivity contribution is 8.18. The SMILES string of the molecule is O=C(CN1C(=O)S/C(=C\c2cc(Cl)c(OCc3ccccc3F)c(Cl)c2)C1=O)Nc1cccc(C(F)(F)F)c1. The maximum absolute atomic E-state index is 13.8. The van der Waals surface area contributed by atoms with E-state index in [9.17, 15) is 31.9 Å². The van der Waals surface area contributed by atoms with Gasteiger partial charge in [-0.2, -0.15) is 13.2 Å². The van der Waals surface area contributed by atoms with Crippen LogP contribution < -0.4 is 10.1 Å². The van der Waals surface area contributed by atoms with Crippen molar-refractivity contribution >= 4 is 63.8 Å². The van der Waals surface area contributed by atoms with Crippen LogP contribution in [-0.4, -0.2) is 28.5 Å². The molecule has 1 saturated heterocycles. The lowest BCUT2D eigenvalue weighted by Gasteiger charge is -2.13. The van der Waals surface area contributed by atoms with Crippen LogP contribution in [0.3, 0.4) is 0 Å². The highest BCUT2D eigenvalue weighted by atomic mass is 35.5. The maximum atomic E-state index is 13.8. The molecule has 39 heavy (non-hydrogen) atoms. The largest absolute Gasteiger partial charge is 0.486 e. The fraction of sp³-hybridized carbons (Fsp3) is 0.115. The summed E-state index contributed by atoms with van der Waals surface area (Å²) in [5.41, 5.74) is -0.462. The predicted molar refractivity (Wildman–Crippen MR) is 140 cm³/mol. The molecule has 6 nitrogen and oxygen atoms in total. The number of rotatable bonds is 7. The number of anilines is 1. The van der Waals surface area contributed by atoms with E-state index in [1.165, 1.54) is 36.4 Å². The second kappa shape index (κ2) is 11.7. The number of hydrogen-bond donors (Lipinski definition) is 1. The molecule has 3 aromatic carbocycles. The van der Waals surface area contributed by atoms with E-state index in [0.29, 0.717) is 27.8 Å². The number of nitrogens with zero attached hydrogens (tertiary/aromatic N) is 1. The number of imide groups is 1. The normalized spacial score (nSPS) is 14.7. The van der Waals surface area contributed by atoms with Crippen LogP contribution in [0, 0.1) is 5.82 Å². The summed E-state index contributed by atoms with van der Waals surface area (Å²) in [7, 11) is 0. The molecule has 0 bridgehead atoms. The molecule has 3 amide bonds. The van der Waals surface area contributed by atoms with Gasteiger partial charge in [-0.15, -0.1) is 0 Å². The molecule has 0 aromatic heterocycles. The molecule has 0 radical (unpaired) electrons. The minimum absolute atomic E-state index is 0.0287. The number of carbonyl (C=O) groups excluding carboxylic acids is 3. The van der Waals surface area contributed by atoms with Gasteiger partial charge in [0.1, 0.15) is 19.0 Å². The number of halogens is 6. The first-order chi connectivity index (χ1) is 18.4. The van der Waals surface area contributed by atoms with E-state index in [-0.39, 0.29) is 33.0 Å². The molecule has 3 aromatic rings. The molecule has 1 aliphatic rings. The zero-order chi connectivity index (χ0) is 28.3. The van der Waals surface area contributed by atoms with Gasteiger partial charge >= 0.3 is 6.18 Å². The molecule has 0 spiro atoms. The number of thioether (sulfide) groups is 1. The molecule has 1 N–H and O–H groups in total. The lowest BCUT2D eigenvalue weighted by atomic mass is 10.2. The Kier molecular flexibility index (Phi) is 8.53. The Morgan fingerprint density at radius 1 is 1.03 bits per heavy atom. The molecule has 0 atom stereocenters. The summed E-state index contributed by atoms with van der Waals surface area (Å²) in [4.78, 5) is 38.2. The predicted octanol–water partition coefficient (Wildman–Crippen LogP) is 7.41. The van der Waals surface area contributed by atoms with Crippen LogP contribution in [-0.2, 0) is 22.4 Å². The molecular weight excluding hydrogens is 583 g/mol. The summed E-state index contributed by atoms with van der Waals surface area (Å²) in [5.74, 6) is -2.00. The van der Waals surface area contributed by atoms with Crippen molar-refractivity contribution in [1.29, 1.82) is 0 Å². The number of alkyl halides is 3. The van der Waals surface area contributed by atoms with Crippen molar-refractivity contribution in [1.82, 2.24) is 4.90 Å². The van der Waals surface area contributed by atoms with Crippen LogP contribution in [0.1, 0.15) is 16.7 Å². The molecule has 1 fully saturated rings. The van der Waals surface area contributed by atoms with Gasteiger partial charge in [0.15, 0.2) is 5.75 Å².